The number of methoxy groups -OCH3 is 1. The van der Waals surface area contributed by atoms with Gasteiger partial charge in [-0.25, -0.2) is 13.6 Å². The smallest absolute Gasteiger partial charge is 0.255 e. The first-order valence-electron chi connectivity index (χ1n) is 8.02. The SMILES string of the molecule is COc1cc(C(=O)Nc2ccc(C)c(S(N)(=O)=O)c2)cc(Cl)c1OC(C)C. The first kappa shape index (κ1) is 21.0. The molecule has 1 amide bonds. The Kier molecular flexibility index (Phi) is 6.35. The number of hydrogen-bond acceptors (Lipinski definition) is 5. The van der Waals surface area contributed by atoms with E-state index in [1.54, 1.807) is 19.1 Å². The highest BCUT2D eigenvalue weighted by Crippen LogP contribution is 2.37. The van der Waals surface area contributed by atoms with Crippen molar-refractivity contribution >= 4 is 33.2 Å². The van der Waals surface area contributed by atoms with Crippen molar-refractivity contribution in [1.29, 1.82) is 0 Å². The molecule has 0 aliphatic heterocycles. The molecule has 0 bridgehead atoms. The molecule has 0 spiro atoms. The van der Waals surface area contributed by atoms with Crippen molar-refractivity contribution in [3.05, 3.63) is 46.5 Å². The standard InChI is InChI=1S/C18H21ClN2O5S/c1-10(2)26-17-14(19)7-12(8-15(17)25-4)18(22)21-13-6-5-11(3)16(9-13)27(20,23)24/h5-10H,1-4H3,(H,21,22)(H2,20,23,24). The van der Waals surface area contributed by atoms with E-state index >= 15 is 0 Å². The number of aryl methyl sites for hydroxylation is 1. The number of anilines is 1. The van der Waals surface area contributed by atoms with E-state index in [4.69, 9.17) is 26.2 Å². The number of benzene rings is 2. The number of ether oxygens (including phenoxy) is 2. The van der Waals surface area contributed by atoms with Crippen LogP contribution in [0.4, 0.5) is 5.69 Å². The van der Waals surface area contributed by atoms with Crippen LogP contribution in [0.15, 0.2) is 35.2 Å². The zero-order chi connectivity index (χ0) is 20.4. The lowest BCUT2D eigenvalue weighted by atomic mass is 10.1. The van der Waals surface area contributed by atoms with Gasteiger partial charge in [0.15, 0.2) is 11.5 Å². The third-order valence-electron chi connectivity index (χ3n) is 3.60. The second-order valence-corrected chi connectivity index (χ2v) is 8.07. The van der Waals surface area contributed by atoms with E-state index in [9.17, 15) is 13.2 Å². The first-order chi connectivity index (χ1) is 12.5. The van der Waals surface area contributed by atoms with E-state index in [1.165, 1.54) is 25.3 Å². The minimum atomic E-state index is -3.90. The largest absolute Gasteiger partial charge is 0.493 e. The van der Waals surface area contributed by atoms with Gasteiger partial charge in [-0.1, -0.05) is 17.7 Å². The van der Waals surface area contributed by atoms with Gasteiger partial charge >= 0.3 is 0 Å². The van der Waals surface area contributed by atoms with Crippen molar-refractivity contribution in [1.82, 2.24) is 0 Å². The monoisotopic (exact) mass is 412 g/mol. The third kappa shape index (κ3) is 5.12. The maximum absolute atomic E-state index is 12.6. The van der Waals surface area contributed by atoms with Gasteiger partial charge in [-0.05, 0) is 50.6 Å². The zero-order valence-electron chi connectivity index (χ0n) is 15.4. The molecule has 0 aliphatic rings. The Bertz CT molecular complexity index is 974. The van der Waals surface area contributed by atoms with Gasteiger partial charge in [0, 0.05) is 11.3 Å². The second-order valence-electron chi connectivity index (χ2n) is 6.14. The topological polar surface area (TPSA) is 108 Å². The van der Waals surface area contributed by atoms with Crippen LogP contribution >= 0.6 is 11.6 Å². The molecule has 27 heavy (non-hydrogen) atoms. The number of sulfonamides is 1. The number of primary sulfonamides is 1. The highest BCUT2D eigenvalue weighted by Gasteiger charge is 2.18. The number of halogens is 1. The van der Waals surface area contributed by atoms with Gasteiger partial charge in [0.1, 0.15) is 0 Å². The Morgan fingerprint density at radius 2 is 1.89 bits per heavy atom. The number of carbonyl (C=O) groups is 1. The normalized spacial score (nSPS) is 11.4. The highest BCUT2D eigenvalue weighted by atomic mass is 35.5. The number of rotatable bonds is 6. The van der Waals surface area contributed by atoms with Crippen LogP contribution in [0.5, 0.6) is 11.5 Å². The first-order valence-corrected chi connectivity index (χ1v) is 9.94. The molecule has 2 aromatic carbocycles. The van der Waals surface area contributed by atoms with Crippen LogP contribution in [0, 0.1) is 6.92 Å². The summed E-state index contributed by atoms with van der Waals surface area (Å²) in [5.41, 5.74) is 0.994. The van der Waals surface area contributed by atoms with Gasteiger partial charge in [-0.3, -0.25) is 4.79 Å². The Morgan fingerprint density at radius 1 is 1.22 bits per heavy atom. The number of amides is 1. The average Bonchev–Trinajstić information content (AvgIpc) is 2.56. The summed E-state index contributed by atoms with van der Waals surface area (Å²) in [5, 5.41) is 8.04. The van der Waals surface area contributed by atoms with Crippen LogP contribution in [0.25, 0.3) is 0 Å². The van der Waals surface area contributed by atoms with E-state index in [1.807, 2.05) is 13.8 Å². The molecular formula is C18H21ClN2O5S. The molecule has 2 aromatic rings. The summed E-state index contributed by atoms with van der Waals surface area (Å²) in [5.74, 6) is 0.170. The molecule has 3 N–H and O–H groups in total. The van der Waals surface area contributed by atoms with E-state index < -0.39 is 15.9 Å². The number of nitrogens with one attached hydrogen (secondary N) is 1. The summed E-state index contributed by atoms with van der Waals surface area (Å²) in [6.07, 6.45) is -0.125. The maximum Gasteiger partial charge on any atom is 0.255 e. The molecular weight excluding hydrogens is 392 g/mol. The number of carbonyl (C=O) groups excluding carboxylic acids is 1. The van der Waals surface area contributed by atoms with Crippen molar-refractivity contribution in [2.45, 2.75) is 31.8 Å². The lowest BCUT2D eigenvalue weighted by Crippen LogP contribution is -2.16. The predicted molar refractivity (Wildman–Crippen MR) is 104 cm³/mol. The van der Waals surface area contributed by atoms with Crippen LogP contribution < -0.4 is 19.9 Å². The van der Waals surface area contributed by atoms with Gasteiger partial charge in [0.25, 0.3) is 5.91 Å². The molecule has 0 radical (unpaired) electrons. The van der Waals surface area contributed by atoms with Crippen LogP contribution in [0.2, 0.25) is 5.02 Å². The van der Waals surface area contributed by atoms with Crippen LogP contribution in [-0.2, 0) is 10.0 Å². The molecule has 0 heterocycles. The van der Waals surface area contributed by atoms with Gasteiger partial charge in [0.2, 0.25) is 10.0 Å². The van der Waals surface area contributed by atoms with Gasteiger partial charge in [-0.2, -0.15) is 0 Å². The summed E-state index contributed by atoms with van der Waals surface area (Å²) in [6.45, 7) is 5.30. The Morgan fingerprint density at radius 3 is 2.44 bits per heavy atom. The summed E-state index contributed by atoms with van der Waals surface area (Å²) in [4.78, 5) is 12.5. The van der Waals surface area contributed by atoms with E-state index in [0.717, 1.165) is 0 Å². The van der Waals surface area contributed by atoms with Gasteiger partial charge in [0.05, 0.1) is 23.1 Å². The fourth-order valence-electron chi connectivity index (χ4n) is 2.39. The molecule has 2 rings (SSSR count). The predicted octanol–water partition coefficient (Wildman–Crippen LogP) is 3.34. The van der Waals surface area contributed by atoms with Gasteiger partial charge in [-0.15, -0.1) is 0 Å². The minimum absolute atomic E-state index is 0.0587. The van der Waals surface area contributed by atoms with E-state index in [2.05, 4.69) is 5.32 Å². The van der Waals surface area contributed by atoms with Crippen molar-refractivity contribution in [3.63, 3.8) is 0 Å². The zero-order valence-corrected chi connectivity index (χ0v) is 16.9. The van der Waals surface area contributed by atoms with E-state index in [-0.39, 0.29) is 27.3 Å². The van der Waals surface area contributed by atoms with E-state index in [0.29, 0.717) is 17.1 Å². The van der Waals surface area contributed by atoms with Crippen molar-refractivity contribution in [3.8, 4) is 11.5 Å². The molecule has 7 nitrogen and oxygen atoms in total. The minimum Gasteiger partial charge on any atom is -0.493 e. The lowest BCUT2D eigenvalue weighted by molar-refractivity contribution is 0.102. The maximum atomic E-state index is 12.6. The molecule has 0 saturated carbocycles. The van der Waals surface area contributed by atoms with Crippen LogP contribution in [0.1, 0.15) is 29.8 Å². The Balaban J connectivity index is 2.35. The summed E-state index contributed by atoms with van der Waals surface area (Å²) in [7, 11) is -2.46. The lowest BCUT2D eigenvalue weighted by Gasteiger charge is -2.16. The Hall–Kier alpha value is -2.29. The van der Waals surface area contributed by atoms with Crippen molar-refractivity contribution < 1.29 is 22.7 Å². The van der Waals surface area contributed by atoms with Crippen molar-refractivity contribution in [2.24, 2.45) is 5.14 Å². The summed E-state index contributed by atoms with van der Waals surface area (Å²) < 4.78 is 34.1. The molecule has 0 atom stereocenters. The number of nitrogens with two attached hydrogens (primary N) is 1. The fraction of sp³-hybridized carbons (Fsp3) is 0.278. The molecule has 0 saturated heterocycles. The third-order valence-corrected chi connectivity index (χ3v) is 4.93. The Labute approximate surface area is 163 Å². The fourth-order valence-corrected chi connectivity index (χ4v) is 3.45. The molecule has 0 aromatic heterocycles. The average molecular weight is 413 g/mol. The summed E-state index contributed by atoms with van der Waals surface area (Å²) >= 11 is 6.23. The quantitative estimate of drug-likeness (QED) is 0.756. The van der Waals surface area contributed by atoms with Crippen LogP contribution in [-0.4, -0.2) is 27.5 Å². The number of hydrogen-bond donors (Lipinski definition) is 2. The molecule has 9 heteroatoms. The highest BCUT2D eigenvalue weighted by molar-refractivity contribution is 7.89. The molecule has 0 unspecified atom stereocenters. The van der Waals surface area contributed by atoms with Crippen LogP contribution in [0.3, 0.4) is 0 Å². The molecule has 0 aliphatic carbocycles. The molecule has 146 valence electrons. The second kappa shape index (κ2) is 8.16. The van der Waals surface area contributed by atoms with Crippen molar-refractivity contribution in [2.75, 3.05) is 12.4 Å². The summed E-state index contributed by atoms with van der Waals surface area (Å²) in [6, 6.07) is 7.39. The molecule has 0 fully saturated rings. The van der Waals surface area contributed by atoms with Gasteiger partial charge < -0.3 is 14.8 Å².